The molecular weight excluding hydrogens is 566 g/mol. The maximum atomic E-state index is 13.2. The van der Waals surface area contributed by atoms with Crippen LogP contribution in [0, 0.1) is 12.3 Å². The van der Waals surface area contributed by atoms with Gasteiger partial charge in [-0.1, -0.05) is 6.07 Å². The van der Waals surface area contributed by atoms with Crippen LogP contribution in [0.5, 0.6) is 0 Å². The van der Waals surface area contributed by atoms with Crippen molar-refractivity contribution in [2.45, 2.75) is 45.1 Å². The number of aliphatic carboxylic acids is 2. The number of carbonyl (C=O) groups excluding carboxylic acids is 2. The molecule has 16 heteroatoms. The second-order valence-electron chi connectivity index (χ2n) is 9.21. The average molecular weight is 592 g/mol. The van der Waals surface area contributed by atoms with Gasteiger partial charge in [0.15, 0.2) is 0 Å². The van der Waals surface area contributed by atoms with Crippen molar-refractivity contribution in [1.82, 2.24) is 19.8 Å². The number of aromatic nitrogens is 2. The number of alkyl halides is 6. The predicted octanol–water partition coefficient (Wildman–Crippen LogP) is 3.71. The molecule has 2 saturated heterocycles. The van der Waals surface area contributed by atoms with Crippen molar-refractivity contribution in [3.63, 3.8) is 0 Å². The molecule has 2 aromatic rings. The molecule has 2 aromatic heterocycles. The zero-order valence-corrected chi connectivity index (χ0v) is 21.6. The molecule has 1 atom stereocenters. The van der Waals surface area contributed by atoms with Crippen LogP contribution in [0.25, 0.3) is 0 Å². The lowest BCUT2D eigenvalue weighted by Gasteiger charge is -2.39. The molecule has 1 unspecified atom stereocenters. The Morgan fingerprint density at radius 2 is 1.56 bits per heavy atom. The van der Waals surface area contributed by atoms with E-state index in [4.69, 9.17) is 19.8 Å². The summed E-state index contributed by atoms with van der Waals surface area (Å²) in [6.07, 6.45) is -4.41. The van der Waals surface area contributed by atoms with E-state index in [2.05, 4.69) is 9.97 Å². The Morgan fingerprint density at radius 1 is 0.951 bits per heavy atom. The summed E-state index contributed by atoms with van der Waals surface area (Å²) < 4.78 is 63.5. The van der Waals surface area contributed by atoms with Gasteiger partial charge < -0.3 is 20.0 Å². The van der Waals surface area contributed by atoms with E-state index in [-0.39, 0.29) is 11.8 Å². The van der Waals surface area contributed by atoms with Gasteiger partial charge in [-0.2, -0.15) is 26.3 Å². The fraction of sp³-hybridized carbons (Fsp3) is 0.440. The van der Waals surface area contributed by atoms with E-state index in [1.807, 2.05) is 34.9 Å². The highest BCUT2D eigenvalue weighted by atomic mass is 19.4. The van der Waals surface area contributed by atoms with E-state index in [1.165, 1.54) is 0 Å². The van der Waals surface area contributed by atoms with Gasteiger partial charge >= 0.3 is 24.3 Å². The number of nitrogens with zero attached hydrogens (tertiary/aromatic N) is 4. The highest BCUT2D eigenvalue weighted by Gasteiger charge is 2.49. The Morgan fingerprint density at radius 3 is 2.07 bits per heavy atom. The van der Waals surface area contributed by atoms with E-state index in [1.54, 1.807) is 24.5 Å². The summed E-state index contributed by atoms with van der Waals surface area (Å²) in [4.78, 5) is 56.1. The van der Waals surface area contributed by atoms with Crippen LogP contribution in [0.4, 0.5) is 26.3 Å². The topological polar surface area (TPSA) is 141 Å². The smallest absolute Gasteiger partial charge is 0.475 e. The Bertz CT molecular complexity index is 1220. The fourth-order valence-corrected chi connectivity index (χ4v) is 4.28. The van der Waals surface area contributed by atoms with E-state index >= 15 is 0 Å². The number of halogens is 6. The highest BCUT2D eigenvalue weighted by molar-refractivity contribution is 5.95. The lowest BCUT2D eigenvalue weighted by molar-refractivity contribution is -0.193. The maximum Gasteiger partial charge on any atom is 0.490 e. The number of rotatable bonds is 3. The van der Waals surface area contributed by atoms with Gasteiger partial charge in [0.25, 0.3) is 5.91 Å². The maximum absolute atomic E-state index is 13.2. The van der Waals surface area contributed by atoms with Gasteiger partial charge in [0, 0.05) is 37.7 Å². The number of carboxylic acid groups (broad SMARTS) is 2. The molecule has 2 amide bonds. The molecule has 0 aliphatic carbocycles. The minimum Gasteiger partial charge on any atom is -0.475 e. The predicted molar refractivity (Wildman–Crippen MR) is 128 cm³/mol. The molecule has 1 spiro atoms. The van der Waals surface area contributed by atoms with Crippen LogP contribution in [0.3, 0.4) is 0 Å². The zero-order chi connectivity index (χ0) is 31.0. The molecule has 0 bridgehead atoms. The summed E-state index contributed by atoms with van der Waals surface area (Å²) in [7, 11) is 0. The molecule has 0 aromatic carbocycles. The van der Waals surface area contributed by atoms with Gasteiger partial charge in [0.05, 0.1) is 23.2 Å². The quantitative estimate of drug-likeness (QED) is 0.514. The standard InChI is InChI=1S/C21H24N4O2.2C2HF3O2/c1-16-5-2-7-18(23-16)14-24-12-9-21(20(24)27)8-4-11-25(15-21)19(26)17-6-3-10-22-13-17;2*3-2(4,5)1(6)7/h2-3,5-7,10,13H,4,8-9,11-12,14-15H2,1H3;2*(H,6,7). The summed E-state index contributed by atoms with van der Waals surface area (Å²) in [6, 6.07) is 9.44. The van der Waals surface area contributed by atoms with Gasteiger partial charge in [0.2, 0.25) is 5.91 Å². The molecule has 4 heterocycles. The first-order chi connectivity index (χ1) is 19.0. The zero-order valence-electron chi connectivity index (χ0n) is 21.6. The number of hydrogen-bond acceptors (Lipinski definition) is 6. The van der Waals surface area contributed by atoms with Gasteiger partial charge in [-0.25, -0.2) is 9.59 Å². The molecule has 224 valence electrons. The largest absolute Gasteiger partial charge is 0.490 e. The van der Waals surface area contributed by atoms with E-state index < -0.39 is 29.7 Å². The van der Waals surface area contributed by atoms with E-state index in [0.29, 0.717) is 25.2 Å². The molecule has 2 N–H and O–H groups in total. The van der Waals surface area contributed by atoms with Crippen molar-refractivity contribution in [3.05, 3.63) is 59.7 Å². The van der Waals surface area contributed by atoms with Crippen molar-refractivity contribution < 1.29 is 55.7 Å². The normalized spacial score (nSPS) is 18.7. The Kier molecular flexibility index (Phi) is 10.8. The third kappa shape index (κ3) is 9.42. The molecule has 10 nitrogen and oxygen atoms in total. The number of carboxylic acids is 2. The summed E-state index contributed by atoms with van der Waals surface area (Å²) in [6.45, 7) is 4.42. The first kappa shape index (κ1) is 33.0. The summed E-state index contributed by atoms with van der Waals surface area (Å²) in [5, 5.41) is 14.2. The minimum absolute atomic E-state index is 0.0335. The highest BCUT2D eigenvalue weighted by Crippen LogP contribution is 2.41. The lowest BCUT2D eigenvalue weighted by atomic mass is 9.78. The van der Waals surface area contributed by atoms with Crippen LogP contribution in [0.1, 0.15) is 41.0 Å². The molecule has 0 saturated carbocycles. The fourth-order valence-electron chi connectivity index (χ4n) is 4.28. The van der Waals surface area contributed by atoms with E-state index in [0.717, 1.165) is 37.2 Å². The minimum atomic E-state index is -5.08. The summed E-state index contributed by atoms with van der Waals surface area (Å²) in [5.74, 6) is -5.39. The Labute approximate surface area is 229 Å². The molecule has 41 heavy (non-hydrogen) atoms. The average Bonchev–Trinajstić information content (AvgIpc) is 3.18. The van der Waals surface area contributed by atoms with Crippen molar-refractivity contribution >= 4 is 23.8 Å². The van der Waals surface area contributed by atoms with Gasteiger partial charge in [-0.15, -0.1) is 0 Å². The third-order valence-corrected chi connectivity index (χ3v) is 6.16. The van der Waals surface area contributed by atoms with Crippen molar-refractivity contribution in [1.29, 1.82) is 0 Å². The lowest BCUT2D eigenvalue weighted by Crippen LogP contribution is -2.49. The summed E-state index contributed by atoms with van der Waals surface area (Å²) in [5.41, 5.74) is 2.01. The first-order valence-electron chi connectivity index (χ1n) is 12.0. The first-order valence-corrected chi connectivity index (χ1v) is 12.0. The molecule has 0 radical (unpaired) electrons. The van der Waals surface area contributed by atoms with Crippen molar-refractivity contribution in [2.75, 3.05) is 19.6 Å². The SMILES string of the molecule is Cc1cccc(CN2CCC3(CCCN(C(=O)c4cccnc4)C3)C2=O)n1.O=C(O)C(F)(F)F.O=C(O)C(F)(F)F. The number of piperidine rings is 1. The molecular formula is C25H26F6N4O6. The van der Waals surface area contributed by atoms with Crippen LogP contribution in [0.2, 0.25) is 0 Å². The van der Waals surface area contributed by atoms with Crippen LogP contribution in [-0.2, 0) is 20.9 Å². The number of pyridine rings is 2. The Balaban J connectivity index is 0.000000349. The van der Waals surface area contributed by atoms with E-state index in [9.17, 15) is 35.9 Å². The number of likely N-dealkylation sites (tertiary alicyclic amines) is 2. The molecule has 2 aliphatic rings. The second kappa shape index (κ2) is 13.4. The monoisotopic (exact) mass is 592 g/mol. The van der Waals surface area contributed by atoms with Gasteiger partial charge in [-0.05, 0) is 50.5 Å². The van der Waals surface area contributed by atoms with Crippen molar-refractivity contribution in [2.24, 2.45) is 5.41 Å². The van der Waals surface area contributed by atoms with Gasteiger partial charge in [-0.3, -0.25) is 19.6 Å². The molecule has 2 fully saturated rings. The van der Waals surface area contributed by atoms with Crippen LogP contribution >= 0.6 is 0 Å². The summed E-state index contributed by atoms with van der Waals surface area (Å²) >= 11 is 0. The number of aryl methyl sites for hydroxylation is 1. The number of carbonyl (C=O) groups is 4. The second-order valence-corrected chi connectivity index (χ2v) is 9.21. The van der Waals surface area contributed by atoms with Crippen LogP contribution in [-0.4, -0.2) is 85.7 Å². The van der Waals surface area contributed by atoms with Gasteiger partial charge in [0.1, 0.15) is 0 Å². The third-order valence-electron chi connectivity index (χ3n) is 6.16. The number of hydrogen-bond donors (Lipinski definition) is 2. The number of amides is 2. The molecule has 4 rings (SSSR count). The van der Waals surface area contributed by atoms with Crippen LogP contribution in [0.15, 0.2) is 42.7 Å². The van der Waals surface area contributed by atoms with Crippen molar-refractivity contribution in [3.8, 4) is 0 Å². The molecule has 2 aliphatic heterocycles. The Hall–Kier alpha value is -4.24. The van der Waals surface area contributed by atoms with Crippen LogP contribution < -0.4 is 0 Å².